The number of hydrogen-bond acceptors (Lipinski definition) is 4. The van der Waals surface area contributed by atoms with Crippen LogP contribution in [0.25, 0.3) is 0 Å². The van der Waals surface area contributed by atoms with Crippen molar-refractivity contribution in [3.63, 3.8) is 0 Å². The highest BCUT2D eigenvalue weighted by atomic mass is 127. The highest BCUT2D eigenvalue weighted by Gasteiger charge is 2.06. The van der Waals surface area contributed by atoms with Crippen molar-refractivity contribution in [2.75, 3.05) is 26.1 Å². The summed E-state index contributed by atoms with van der Waals surface area (Å²) >= 11 is 0. The number of halogens is 1. The molecule has 0 unspecified atom stereocenters. The number of nitrogens with zero attached hydrogens (tertiary/aromatic N) is 3. The predicted octanol–water partition coefficient (Wildman–Crippen LogP) is 2.41. The van der Waals surface area contributed by atoms with Crippen molar-refractivity contribution in [3.05, 3.63) is 36.2 Å². The molecule has 0 fully saturated rings. The van der Waals surface area contributed by atoms with Gasteiger partial charge in [-0.3, -0.25) is 9.67 Å². The maximum absolute atomic E-state index is 5.93. The Bertz CT molecular complexity index is 672. The molecule has 1 aromatic carbocycles. The van der Waals surface area contributed by atoms with Crippen LogP contribution in [0.3, 0.4) is 0 Å². The van der Waals surface area contributed by atoms with Crippen LogP contribution in [0, 0.1) is 0 Å². The normalized spacial score (nSPS) is 10.9. The van der Waals surface area contributed by atoms with Gasteiger partial charge in [-0.05, 0) is 30.5 Å². The third-order valence-electron chi connectivity index (χ3n) is 3.33. The van der Waals surface area contributed by atoms with E-state index >= 15 is 0 Å². The number of aryl methyl sites for hydroxylation is 2. The van der Waals surface area contributed by atoms with Crippen LogP contribution in [0.4, 0.5) is 5.69 Å². The Morgan fingerprint density at radius 1 is 1.33 bits per heavy atom. The minimum absolute atomic E-state index is 0. The standard InChI is InChI=1S/C16H23N5O2.HI/c1-21-11-12(10-19-21)5-4-8-18-16(17)20-14-9-13(22-2)6-7-15(14)23-3;/h6-7,9-11H,4-5,8H2,1-3H3,(H3,17,18,20);1H. The molecule has 0 amide bonds. The van der Waals surface area contributed by atoms with E-state index in [-0.39, 0.29) is 24.0 Å². The van der Waals surface area contributed by atoms with Gasteiger partial charge in [-0.1, -0.05) is 0 Å². The first-order chi connectivity index (χ1) is 11.1. The van der Waals surface area contributed by atoms with Crippen molar-refractivity contribution < 1.29 is 9.47 Å². The molecule has 3 N–H and O–H groups in total. The van der Waals surface area contributed by atoms with E-state index in [1.165, 1.54) is 5.56 Å². The molecule has 8 heteroatoms. The molecule has 0 bridgehead atoms. The highest BCUT2D eigenvalue weighted by Crippen LogP contribution is 2.28. The van der Waals surface area contributed by atoms with Crippen LogP contribution in [0.5, 0.6) is 11.5 Å². The van der Waals surface area contributed by atoms with Crippen molar-refractivity contribution in [2.45, 2.75) is 12.8 Å². The molecular formula is C16H24IN5O2. The SMILES string of the molecule is COc1ccc(OC)c(NC(N)=NCCCc2cnn(C)c2)c1.I. The quantitative estimate of drug-likeness (QED) is 0.296. The van der Waals surface area contributed by atoms with Crippen LogP contribution < -0.4 is 20.5 Å². The number of methoxy groups -OCH3 is 2. The summed E-state index contributed by atoms with van der Waals surface area (Å²) in [4.78, 5) is 4.33. The summed E-state index contributed by atoms with van der Waals surface area (Å²) in [6, 6.07) is 5.46. The summed E-state index contributed by atoms with van der Waals surface area (Å²) in [5, 5.41) is 7.18. The van der Waals surface area contributed by atoms with Crippen LogP contribution >= 0.6 is 24.0 Å². The monoisotopic (exact) mass is 445 g/mol. The molecule has 0 saturated heterocycles. The second kappa shape index (κ2) is 10.0. The molecule has 0 atom stereocenters. The number of benzene rings is 1. The van der Waals surface area contributed by atoms with E-state index in [2.05, 4.69) is 15.4 Å². The number of ether oxygens (including phenoxy) is 2. The Kier molecular flexibility index (Phi) is 8.37. The Hall–Kier alpha value is -1.97. The molecule has 0 spiro atoms. The summed E-state index contributed by atoms with van der Waals surface area (Å²) in [5.74, 6) is 1.75. The summed E-state index contributed by atoms with van der Waals surface area (Å²) in [7, 11) is 5.13. The van der Waals surface area contributed by atoms with Gasteiger partial charge in [0.15, 0.2) is 5.96 Å². The smallest absolute Gasteiger partial charge is 0.193 e. The van der Waals surface area contributed by atoms with Gasteiger partial charge in [0.1, 0.15) is 11.5 Å². The van der Waals surface area contributed by atoms with E-state index in [0.717, 1.165) is 24.3 Å². The summed E-state index contributed by atoms with van der Waals surface area (Å²) in [6.45, 7) is 0.639. The van der Waals surface area contributed by atoms with Gasteiger partial charge < -0.3 is 20.5 Å². The van der Waals surface area contributed by atoms with E-state index in [9.17, 15) is 0 Å². The van der Waals surface area contributed by atoms with Gasteiger partial charge in [0.2, 0.25) is 0 Å². The fraction of sp³-hybridized carbons (Fsp3) is 0.375. The van der Waals surface area contributed by atoms with Gasteiger partial charge in [-0.15, -0.1) is 24.0 Å². The van der Waals surface area contributed by atoms with Gasteiger partial charge >= 0.3 is 0 Å². The minimum Gasteiger partial charge on any atom is -0.497 e. The van der Waals surface area contributed by atoms with Crippen LogP contribution in [-0.4, -0.2) is 36.5 Å². The second-order valence-electron chi connectivity index (χ2n) is 5.08. The van der Waals surface area contributed by atoms with E-state index in [1.54, 1.807) is 18.9 Å². The number of nitrogens with one attached hydrogen (secondary N) is 1. The molecule has 2 aromatic rings. The molecule has 1 aromatic heterocycles. The lowest BCUT2D eigenvalue weighted by atomic mass is 10.2. The first-order valence-corrected chi connectivity index (χ1v) is 7.39. The highest BCUT2D eigenvalue weighted by molar-refractivity contribution is 14.0. The van der Waals surface area contributed by atoms with Crippen LogP contribution in [0.15, 0.2) is 35.6 Å². The predicted molar refractivity (Wildman–Crippen MR) is 107 cm³/mol. The van der Waals surface area contributed by atoms with Gasteiger partial charge in [0.25, 0.3) is 0 Å². The zero-order valence-corrected chi connectivity index (χ0v) is 16.5. The fourth-order valence-corrected chi connectivity index (χ4v) is 2.17. The Labute approximate surface area is 159 Å². The van der Waals surface area contributed by atoms with Crippen LogP contribution in [0.2, 0.25) is 0 Å². The number of nitrogens with two attached hydrogens (primary N) is 1. The minimum atomic E-state index is 0. The van der Waals surface area contributed by atoms with Crippen molar-refractivity contribution in [1.82, 2.24) is 9.78 Å². The van der Waals surface area contributed by atoms with E-state index in [0.29, 0.717) is 18.3 Å². The fourth-order valence-electron chi connectivity index (χ4n) is 2.17. The average molecular weight is 445 g/mol. The third-order valence-corrected chi connectivity index (χ3v) is 3.33. The molecule has 0 radical (unpaired) electrons. The Morgan fingerprint density at radius 2 is 2.12 bits per heavy atom. The topological polar surface area (TPSA) is 86.7 Å². The zero-order chi connectivity index (χ0) is 16.7. The van der Waals surface area contributed by atoms with Gasteiger partial charge in [0, 0.05) is 25.9 Å². The molecule has 1 heterocycles. The number of guanidine groups is 1. The van der Waals surface area contributed by atoms with E-state index in [4.69, 9.17) is 15.2 Å². The molecule has 0 saturated carbocycles. The number of aromatic nitrogens is 2. The third kappa shape index (κ3) is 5.91. The number of anilines is 1. The summed E-state index contributed by atoms with van der Waals surface area (Å²) in [6.07, 6.45) is 5.70. The van der Waals surface area contributed by atoms with Gasteiger partial charge in [0.05, 0.1) is 26.1 Å². The molecule has 2 rings (SSSR count). The maximum Gasteiger partial charge on any atom is 0.193 e. The lowest BCUT2D eigenvalue weighted by Gasteiger charge is -2.12. The van der Waals surface area contributed by atoms with Crippen molar-refractivity contribution in [3.8, 4) is 11.5 Å². The second-order valence-corrected chi connectivity index (χ2v) is 5.08. The van der Waals surface area contributed by atoms with E-state index in [1.807, 2.05) is 37.6 Å². The van der Waals surface area contributed by atoms with Gasteiger partial charge in [-0.2, -0.15) is 5.10 Å². The number of aliphatic imine (C=N–C) groups is 1. The van der Waals surface area contributed by atoms with Crippen molar-refractivity contribution >= 4 is 35.6 Å². The molecule has 132 valence electrons. The van der Waals surface area contributed by atoms with Crippen LogP contribution in [-0.2, 0) is 13.5 Å². The molecule has 0 aliphatic carbocycles. The molecule has 0 aliphatic rings. The number of hydrogen-bond donors (Lipinski definition) is 2. The van der Waals surface area contributed by atoms with Gasteiger partial charge in [-0.25, -0.2) is 0 Å². The molecular weight excluding hydrogens is 421 g/mol. The largest absolute Gasteiger partial charge is 0.497 e. The summed E-state index contributed by atoms with van der Waals surface area (Å²) < 4.78 is 12.3. The lowest BCUT2D eigenvalue weighted by molar-refractivity contribution is 0.405. The molecule has 7 nitrogen and oxygen atoms in total. The first kappa shape index (κ1) is 20.1. The Morgan fingerprint density at radius 3 is 2.75 bits per heavy atom. The summed E-state index contributed by atoms with van der Waals surface area (Å²) in [5.41, 5.74) is 7.85. The van der Waals surface area contributed by atoms with Crippen molar-refractivity contribution in [2.24, 2.45) is 17.8 Å². The molecule has 0 aliphatic heterocycles. The maximum atomic E-state index is 5.93. The molecule has 24 heavy (non-hydrogen) atoms. The Balaban J connectivity index is 0.00000288. The average Bonchev–Trinajstić information content (AvgIpc) is 2.97. The first-order valence-electron chi connectivity index (χ1n) is 7.39. The van der Waals surface area contributed by atoms with Crippen molar-refractivity contribution in [1.29, 1.82) is 0 Å². The zero-order valence-electron chi connectivity index (χ0n) is 14.2. The van der Waals surface area contributed by atoms with Crippen LogP contribution in [0.1, 0.15) is 12.0 Å². The van der Waals surface area contributed by atoms with E-state index < -0.39 is 0 Å². The number of rotatable bonds is 7. The lowest BCUT2D eigenvalue weighted by Crippen LogP contribution is -2.23.